The summed E-state index contributed by atoms with van der Waals surface area (Å²) in [6.45, 7) is 0. The van der Waals surface area contributed by atoms with Crippen LogP contribution in [0.4, 0.5) is 0 Å². The van der Waals surface area contributed by atoms with Gasteiger partial charge in [0.2, 0.25) is 0 Å². The molecule has 12 heteroatoms. The Morgan fingerprint density at radius 3 is 1.00 bits per heavy atom. The van der Waals surface area contributed by atoms with Gasteiger partial charge in [0.05, 0.1) is 22.8 Å². The fourth-order valence-electron chi connectivity index (χ4n) is 2.94. The van der Waals surface area contributed by atoms with E-state index in [0.29, 0.717) is 0 Å². The normalized spacial score (nSPS) is 9.50. The molecule has 3 aromatic heterocycles. The maximum atomic E-state index is 4.62. The summed E-state index contributed by atoms with van der Waals surface area (Å²) in [4.78, 5) is 16.0. The molecule has 0 amide bonds. The van der Waals surface area contributed by atoms with E-state index in [-0.39, 0.29) is 136 Å². The molecule has 0 saturated carbocycles. The summed E-state index contributed by atoms with van der Waals surface area (Å²) in [5.41, 5.74) is 7.86. The molecule has 3 aromatic rings. The lowest BCUT2D eigenvalue weighted by Crippen LogP contribution is -1.77. The maximum absolute atomic E-state index is 4.62. The van der Waals surface area contributed by atoms with E-state index in [1.165, 1.54) is 0 Å². The van der Waals surface area contributed by atoms with Crippen molar-refractivity contribution in [2.75, 3.05) is 0 Å². The number of halogens is 8. The highest BCUT2D eigenvalue weighted by Crippen LogP contribution is 2.17. The molecule has 32 heavy (non-hydrogen) atoms. The predicted molar refractivity (Wildman–Crippen MR) is 181 cm³/mol. The van der Waals surface area contributed by atoms with Crippen LogP contribution in [0.1, 0.15) is 22.8 Å². The van der Waals surface area contributed by atoms with E-state index >= 15 is 0 Å². The molecule has 0 radical (unpaired) electrons. The van der Waals surface area contributed by atoms with Crippen molar-refractivity contribution in [3.8, 4) is 0 Å². The Kier molecular flexibility index (Phi) is 22.1. The third-order valence-electron chi connectivity index (χ3n) is 4.04. The largest absolute Gasteiger partial charge is 0.355 e. The fourth-order valence-corrected chi connectivity index (χ4v) is 2.94. The first kappa shape index (κ1) is 39.6. The average Bonchev–Trinajstić information content (AvgIpc) is 3.32. The Morgan fingerprint density at radius 2 is 0.656 bits per heavy atom. The average molecular weight is 958 g/mol. The second-order valence-electron chi connectivity index (χ2n) is 5.91. The predicted octanol–water partition coefficient (Wildman–Crippen LogP) is 9.28. The lowest BCUT2D eigenvalue weighted by molar-refractivity contribution is 1.28. The molecule has 0 saturated heterocycles. The molecule has 0 unspecified atom stereocenters. The summed E-state index contributed by atoms with van der Waals surface area (Å²) < 4.78 is 0. The van der Waals surface area contributed by atoms with Crippen LogP contribution in [-0.4, -0.2) is 19.9 Å². The van der Waals surface area contributed by atoms with Crippen LogP contribution in [0, 0.1) is 0 Å². The Bertz CT molecular complexity index is 1100. The van der Waals surface area contributed by atoms with Gasteiger partial charge in [0.1, 0.15) is 0 Å². The van der Waals surface area contributed by atoms with E-state index in [4.69, 9.17) is 0 Å². The van der Waals surface area contributed by atoms with Gasteiger partial charge in [0.25, 0.3) is 0 Å². The molecule has 5 heterocycles. The minimum absolute atomic E-state index is 0. The topological polar surface area (TPSA) is 57.4 Å². The fraction of sp³-hybridized carbons (Fsp3) is 0. The van der Waals surface area contributed by atoms with Crippen molar-refractivity contribution in [1.82, 2.24) is 19.9 Å². The summed E-state index contributed by atoms with van der Waals surface area (Å²) in [6, 6.07) is 16.4. The first-order valence-electron chi connectivity index (χ1n) is 7.85. The van der Waals surface area contributed by atoms with E-state index in [9.17, 15) is 0 Å². The van der Waals surface area contributed by atoms with E-state index < -0.39 is 0 Å². The number of hydrogen-bond acceptors (Lipinski definition) is 2. The highest BCUT2D eigenvalue weighted by Gasteiger charge is 2.02. The molecule has 178 valence electrons. The summed E-state index contributed by atoms with van der Waals surface area (Å²) in [5.74, 6) is 0. The number of aromatic amines is 2. The lowest BCUT2D eigenvalue weighted by atomic mass is 10.3. The van der Waals surface area contributed by atoms with Gasteiger partial charge in [-0.1, -0.05) is 0 Å². The first-order chi connectivity index (χ1) is 11.8. The minimum atomic E-state index is 0. The summed E-state index contributed by atoms with van der Waals surface area (Å²) in [5, 5.41) is 0. The smallest absolute Gasteiger partial charge is 0.0659 e. The summed E-state index contributed by atoms with van der Waals surface area (Å²) >= 11 is 0. The molecular weight excluding hydrogens is 935 g/mol. The van der Waals surface area contributed by atoms with E-state index in [1.807, 2.05) is 42.5 Å². The van der Waals surface area contributed by atoms with Crippen LogP contribution >= 0.6 is 136 Å². The SMILES string of the molecule is Br.Br.Br.Br.Br.Br.Br.Br.C1=Cc2cc3ccc(cc4ccc(cc5nc(cc1n2)C=C5)[nH]4)[nH]3. The first-order valence-corrected chi connectivity index (χ1v) is 7.85. The van der Waals surface area contributed by atoms with Gasteiger partial charge in [-0.2, -0.15) is 0 Å². The molecule has 2 aliphatic heterocycles. The van der Waals surface area contributed by atoms with E-state index in [0.717, 1.165) is 44.8 Å². The number of rotatable bonds is 0. The molecule has 0 spiro atoms. The van der Waals surface area contributed by atoms with Gasteiger partial charge in [-0.15, -0.1) is 136 Å². The Labute approximate surface area is 270 Å². The van der Waals surface area contributed by atoms with Crippen LogP contribution in [0.15, 0.2) is 48.5 Å². The Balaban J connectivity index is -0.000000490. The van der Waals surface area contributed by atoms with Gasteiger partial charge in [-0.3, -0.25) is 0 Å². The van der Waals surface area contributed by atoms with Crippen molar-refractivity contribution >= 4 is 182 Å². The summed E-state index contributed by atoms with van der Waals surface area (Å²) in [7, 11) is 0. The zero-order valence-corrected chi connectivity index (χ0v) is 29.8. The zero-order valence-electron chi connectivity index (χ0n) is 16.1. The highest BCUT2D eigenvalue weighted by atomic mass is 79.9. The number of nitrogens with zero attached hydrogens (tertiary/aromatic N) is 2. The summed E-state index contributed by atoms with van der Waals surface area (Å²) in [6.07, 6.45) is 8.05. The Morgan fingerprint density at radius 1 is 0.375 bits per heavy atom. The van der Waals surface area contributed by atoms with Crippen molar-refractivity contribution in [2.24, 2.45) is 0 Å². The van der Waals surface area contributed by atoms with E-state index in [2.05, 4.69) is 50.3 Å². The van der Waals surface area contributed by atoms with Gasteiger partial charge in [-0.05, 0) is 72.8 Å². The van der Waals surface area contributed by atoms with Crippen molar-refractivity contribution in [3.63, 3.8) is 0 Å². The molecule has 0 aromatic carbocycles. The van der Waals surface area contributed by atoms with Crippen LogP contribution < -0.4 is 0 Å². The highest BCUT2D eigenvalue weighted by molar-refractivity contribution is 8.93. The van der Waals surface area contributed by atoms with Gasteiger partial charge in [0.15, 0.2) is 0 Å². The number of aromatic nitrogens is 4. The van der Waals surface area contributed by atoms with Gasteiger partial charge in [-0.25, -0.2) is 9.97 Å². The van der Waals surface area contributed by atoms with Crippen LogP contribution in [-0.2, 0) is 0 Å². The quantitative estimate of drug-likeness (QED) is 0.163. The molecule has 8 bridgehead atoms. The van der Waals surface area contributed by atoms with Crippen LogP contribution in [0.25, 0.3) is 46.4 Å². The van der Waals surface area contributed by atoms with Gasteiger partial charge >= 0.3 is 0 Å². The van der Waals surface area contributed by atoms with Gasteiger partial charge in [0, 0.05) is 22.1 Å². The van der Waals surface area contributed by atoms with Gasteiger partial charge < -0.3 is 9.97 Å². The molecule has 5 rings (SSSR count). The molecule has 4 nitrogen and oxygen atoms in total. The van der Waals surface area contributed by atoms with Crippen LogP contribution in [0.2, 0.25) is 0 Å². The Hall–Kier alpha value is 0.440. The second-order valence-corrected chi connectivity index (χ2v) is 5.91. The number of nitrogens with one attached hydrogen (secondary N) is 2. The van der Waals surface area contributed by atoms with Crippen molar-refractivity contribution < 1.29 is 0 Å². The standard InChI is InChI=1S/C20H14N4.8BrH/c1-2-14-10-16-5-6-18(23-16)12-20-8-7-19(24-20)11-17-4-3-15(22-17)9-13(1)21-14;;;;;;;;/h1-12,21-22H;8*1H. The monoisotopic (exact) mass is 950 g/mol. The van der Waals surface area contributed by atoms with Crippen molar-refractivity contribution in [1.29, 1.82) is 0 Å². The third kappa shape index (κ3) is 9.59. The molecular formula is C20H22Br8N4. The maximum Gasteiger partial charge on any atom is 0.0659 e. The minimum Gasteiger partial charge on any atom is -0.355 e. The molecule has 2 N–H and O–H groups in total. The van der Waals surface area contributed by atoms with Crippen LogP contribution in [0.3, 0.4) is 0 Å². The molecule has 2 aliphatic rings. The third-order valence-corrected chi connectivity index (χ3v) is 4.04. The molecule has 0 aliphatic carbocycles. The number of H-pyrrole nitrogens is 2. The lowest BCUT2D eigenvalue weighted by Gasteiger charge is -1.86. The molecule has 0 fully saturated rings. The van der Waals surface area contributed by atoms with Crippen LogP contribution in [0.5, 0.6) is 0 Å². The van der Waals surface area contributed by atoms with Crippen molar-refractivity contribution in [2.45, 2.75) is 0 Å². The zero-order chi connectivity index (χ0) is 15.9. The number of hydrogen-bond donors (Lipinski definition) is 2. The number of fused-ring (bicyclic) bond motifs is 8. The van der Waals surface area contributed by atoms with Crippen molar-refractivity contribution in [3.05, 3.63) is 71.3 Å². The second kappa shape index (κ2) is 17.8. The molecule has 0 atom stereocenters. The van der Waals surface area contributed by atoms with E-state index in [1.54, 1.807) is 0 Å².